The summed E-state index contributed by atoms with van der Waals surface area (Å²) in [6, 6.07) is 10.6. The molecule has 27 heavy (non-hydrogen) atoms. The zero-order valence-corrected chi connectivity index (χ0v) is 17.2. The zero-order chi connectivity index (χ0) is 19.8. The first-order valence-corrected chi connectivity index (χ1v) is 9.39. The lowest BCUT2D eigenvalue weighted by molar-refractivity contribution is -0.116. The van der Waals surface area contributed by atoms with Gasteiger partial charge in [-0.15, -0.1) is 0 Å². The van der Waals surface area contributed by atoms with Crippen molar-refractivity contribution in [3.8, 4) is 11.5 Å². The van der Waals surface area contributed by atoms with Crippen molar-refractivity contribution in [1.82, 2.24) is 5.32 Å². The maximum Gasteiger partial charge on any atom is 0.251 e. The van der Waals surface area contributed by atoms with Crippen molar-refractivity contribution >= 4 is 33.4 Å². The zero-order valence-electron chi connectivity index (χ0n) is 15.6. The highest BCUT2D eigenvalue weighted by molar-refractivity contribution is 9.10. The van der Waals surface area contributed by atoms with Gasteiger partial charge in [-0.05, 0) is 49.7 Å². The summed E-state index contributed by atoms with van der Waals surface area (Å²) in [5, 5.41) is 5.59. The van der Waals surface area contributed by atoms with E-state index in [4.69, 9.17) is 9.47 Å². The molecule has 0 aromatic heterocycles. The number of anilines is 1. The van der Waals surface area contributed by atoms with E-state index in [2.05, 4.69) is 26.6 Å². The smallest absolute Gasteiger partial charge is 0.251 e. The highest BCUT2D eigenvalue weighted by Gasteiger charge is 2.12. The highest BCUT2D eigenvalue weighted by Crippen LogP contribution is 2.28. The highest BCUT2D eigenvalue weighted by atomic mass is 79.9. The van der Waals surface area contributed by atoms with E-state index in [0.29, 0.717) is 23.7 Å². The van der Waals surface area contributed by atoms with Crippen molar-refractivity contribution < 1.29 is 19.1 Å². The molecule has 2 rings (SSSR count). The number of halogens is 1. The molecule has 0 unspecified atom stereocenters. The lowest BCUT2D eigenvalue weighted by atomic mass is 10.2. The average Bonchev–Trinajstić information content (AvgIpc) is 2.65. The monoisotopic (exact) mass is 434 g/mol. The van der Waals surface area contributed by atoms with Crippen LogP contribution in [0, 0.1) is 6.92 Å². The molecule has 2 amide bonds. The standard InChI is InChI=1S/C20H23BrN2O4/c1-4-27-18-11-14(6-8-17(18)26-3)20(25)22-10-9-19(24)23-16-12-15(21)7-5-13(16)2/h5-8,11-12H,4,9-10H2,1-3H3,(H,22,25)(H,23,24). The summed E-state index contributed by atoms with van der Waals surface area (Å²) in [7, 11) is 1.54. The number of hydrogen-bond acceptors (Lipinski definition) is 4. The van der Waals surface area contributed by atoms with Gasteiger partial charge in [-0.2, -0.15) is 0 Å². The number of rotatable bonds is 8. The number of amides is 2. The quantitative estimate of drug-likeness (QED) is 0.659. The molecular formula is C20H23BrN2O4. The Morgan fingerprint density at radius 1 is 1.11 bits per heavy atom. The van der Waals surface area contributed by atoms with Crippen molar-refractivity contribution in [3.05, 3.63) is 52.0 Å². The predicted molar refractivity (Wildman–Crippen MR) is 109 cm³/mol. The fraction of sp³-hybridized carbons (Fsp3) is 0.300. The van der Waals surface area contributed by atoms with Gasteiger partial charge in [0.15, 0.2) is 11.5 Å². The van der Waals surface area contributed by atoms with Crippen LogP contribution in [0.5, 0.6) is 11.5 Å². The van der Waals surface area contributed by atoms with Crippen LogP contribution in [0.1, 0.15) is 29.3 Å². The number of aryl methyl sites for hydroxylation is 1. The summed E-state index contributed by atoms with van der Waals surface area (Å²) in [6.07, 6.45) is 0.173. The Kier molecular flexibility index (Phi) is 7.67. The van der Waals surface area contributed by atoms with Crippen LogP contribution in [0.15, 0.2) is 40.9 Å². The summed E-state index contributed by atoms with van der Waals surface area (Å²) < 4.78 is 11.6. The van der Waals surface area contributed by atoms with E-state index in [1.54, 1.807) is 25.3 Å². The minimum atomic E-state index is -0.273. The lowest BCUT2D eigenvalue weighted by Gasteiger charge is -2.12. The molecule has 6 nitrogen and oxygen atoms in total. The van der Waals surface area contributed by atoms with Gasteiger partial charge in [0.2, 0.25) is 5.91 Å². The van der Waals surface area contributed by atoms with Crippen molar-refractivity contribution in [1.29, 1.82) is 0 Å². The average molecular weight is 435 g/mol. The SMILES string of the molecule is CCOc1cc(C(=O)NCCC(=O)Nc2cc(Br)ccc2C)ccc1OC. The van der Waals surface area contributed by atoms with Crippen molar-refractivity contribution in [2.75, 3.05) is 25.6 Å². The summed E-state index contributed by atoms with van der Waals surface area (Å²) in [4.78, 5) is 24.4. The molecule has 7 heteroatoms. The summed E-state index contributed by atoms with van der Waals surface area (Å²) in [5.41, 5.74) is 2.16. The Labute approximate surface area is 167 Å². The molecule has 0 bridgehead atoms. The molecule has 0 aliphatic rings. The second-order valence-electron chi connectivity index (χ2n) is 5.81. The molecule has 144 valence electrons. The van der Waals surface area contributed by atoms with Crippen LogP contribution >= 0.6 is 15.9 Å². The van der Waals surface area contributed by atoms with Crippen LogP contribution in [0.2, 0.25) is 0 Å². The van der Waals surface area contributed by atoms with Gasteiger partial charge >= 0.3 is 0 Å². The van der Waals surface area contributed by atoms with E-state index in [-0.39, 0.29) is 24.8 Å². The van der Waals surface area contributed by atoms with Gasteiger partial charge in [0.1, 0.15) is 0 Å². The first-order chi connectivity index (χ1) is 12.9. The fourth-order valence-corrected chi connectivity index (χ4v) is 2.78. The minimum absolute atomic E-state index is 0.166. The molecule has 0 saturated heterocycles. The molecule has 0 radical (unpaired) electrons. The number of benzene rings is 2. The van der Waals surface area contributed by atoms with Crippen LogP contribution in [0.3, 0.4) is 0 Å². The second-order valence-corrected chi connectivity index (χ2v) is 6.73. The molecule has 0 atom stereocenters. The molecule has 2 N–H and O–H groups in total. The lowest BCUT2D eigenvalue weighted by Crippen LogP contribution is -2.27. The second kappa shape index (κ2) is 9.97. The van der Waals surface area contributed by atoms with Crippen LogP contribution in [0.25, 0.3) is 0 Å². The summed E-state index contributed by atoms with van der Waals surface area (Å²) in [5.74, 6) is 0.638. The molecule has 0 fully saturated rings. The van der Waals surface area contributed by atoms with E-state index in [1.165, 1.54) is 0 Å². The number of hydrogen-bond donors (Lipinski definition) is 2. The van der Waals surface area contributed by atoms with E-state index >= 15 is 0 Å². The van der Waals surface area contributed by atoms with Crippen LogP contribution < -0.4 is 20.1 Å². The van der Waals surface area contributed by atoms with E-state index in [9.17, 15) is 9.59 Å². The minimum Gasteiger partial charge on any atom is -0.493 e. The first kappa shape index (κ1) is 20.8. The van der Waals surface area contributed by atoms with Gasteiger partial charge in [0, 0.05) is 28.7 Å². The van der Waals surface area contributed by atoms with Gasteiger partial charge in [-0.25, -0.2) is 0 Å². The topological polar surface area (TPSA) is 76.7 Å². The molecule has 0 heterocycles. The first-order valence-electron chi connectivity index (χ1n) is 8.59. The van der Waals surface area contributed by atoms with Gasteiger partial charge in [0.05, 0.1) is 13.7 Å². The Balaban J connectivity index is 1.89. The van der Waals surface area contributed by atoms with E-state index in [1.807, 2.05) is 32.0 Å². The van der Waals surface area contributed by atoms with Gasteiger partial charge < -0.3 is 20.1 Å². The Hall–Kier alpha value is -2.54. The number of methoxy groups -OCH3 is 1. The van der Waals surface area contributed by atoms with Gasteiger partial charge in [0.25, 0.3) is 5.91 Å². The maximum atomic E-state index is 12.3. The fourth-order valence-electron chi connectivity index (χ4n) is 2.42. The summed E-state index contributed by atoms with van der Waals surface area (Å²) >= 11 is 3.38. The molecule has 0 aliphatic heterocycles. The normalized spacial score (nSPS) is 10.2. The van der Waals surface area contributed by atoms with Crippen molar-refractivity contribution in [3.63, 3.8) is 0 Å². The Bertz CT molecular complexity index is 824. The number of carbonyl (C=O) groups is 2. The maximum absolute atomic E-state index is 12.3. The number of ether oxygens (including phenoxy) is 2. The third kappa shape index (κ3) is 5.99. The molecule has 0 aliphatic carbocycles. The largest absolute Gasteiger partial charge is 0.493 e. The molecular weight excluding hydrogens is 412 g/mol. The third-order valence-corrected chi connectivity index (χ3v) is 4.33. The van der Waals surface area contributed by atoms with E-state index in [0.717, 1.165) is 15.7 Å². The Morgan fingerprint density at radius 2 is 1.89 bits per heavy atom. The van der Waals surface area contributed by atoms with Crippen LogP contribution in [-0.2, 0) is 4.79 Å². The number of carbonyl (C=O) groups excluding carboxylic acids is 2. The molecule has 0 saturated carbocycles. The van der Waals surface area contributed by atoms with Crippen molar-refractivity contribution in [2.24, 2.45) is 0 Å². The van der Waals surface area contributed by atoms with Gasteiger partial charge in [-0.3, -0.25) is 9.59 Å². The summed E-state index contributed by atoms with van der Waals surface area (Å²) in [6.45, 7) is 4.48. The van der Waals surface area contributed by atoms with Crippen molar-refractivity contribution in [2.45, 2.75) is 20.3 Å². The Morgan fingerprint density at radius 3 is 2.59 bits per heavy atom. The predicted octanol–water partition coefficient (Wildman–Crippen LogP) is 3.92. The van der Waals surface area contributed by atoms with Crippen LogP contribution in [0.4, 0.5) is 5.69 Å². The number of nitrogens with one attached hydrogen (secondary N) is 2. The molecule has 2 aromatic carbocycles. The van der Waals surface area contributed by atoms with Gasteiger partial charge in [-0.1, -0.05) is 22.0 Å². The third-order valence-electron chi connectivity index (χ3n) is 3.84. The van der Waals surface area contributed by atoms with E-state index < -0.39 is 0 Å². The molecule has 2 aromatic rings. The molecule has 0 spiro atoms. The van der Waals surface area contributed by atoms with Crippen LogP contribution in [-0.4, -0.2) is 32.1 Å².